The van der Waals surface area contributed by atoms with E-state index in [2.05, 4.69) is 0 Å². The van der Waals surface area contributed by atoms with Crippen LogP contribution in [0.1, 0.15) is 34.7 Å². The van der Waals surface area contributed by atoms with Crippen LogP contribution in [-0.4, -0.2) is 35.7 Å². The number of hydrogen-bond acceptors (Lipinski definition) is 3. The van der Waals surface area contributed by atoms with E-state index in [0.29, 0.717) is 18.7 Å². The molecule has 0 spiro atoms. The summed E-state index contributed by atoms with van der Waals surface area (Å²) in [7, 11) is 0. The molecule has 1 saturated heterocycles. The van der Waals surface area contributed by atoms with Crippen LogP contribution in [0, 0.1) is 5.82 Å². The molecule has 2 aromatic rings. The van der Waals surface area contributed by atoms with Crippen molar-refractivity contribution in [3.8, 4) is 0 Å². The maximum atomic E-state index is 12.9. The molecule has 0 aromatic heterocycles. The summed E-state index contributed by atoms with van der Waals surface area (Å²) >= 11 is 0. The van der Waals surface area contributed by atoms with E-state index < -0.39 is 0 Å². The molecule has 1 fully saturated rings. The third-order valence-corrected chi connectivity index (χ3v) is 4.68. The summed E-state index contributed by atoms with van der Waals surface area (Å²) in [5, 5.41) is 0. The molecule has 2 aromatic carbocycles. The molecule has 4 nitrogen and oxygen atoms in total. The van der Waals surface area contributed by atoms with Crippen LogP contribution < -0.4 is 5.73 Å². The number of likely N-dealkylation sites (tertiary alicyclic amines) is 1. The van der Waals surface area contributed by atoms with Gasteiger partial charge in [0.1, 0.15) is 5.82 Å². The lowest BCUT2D eigenvalue weighted by atomic mass is 9.95. The van der Waals surface area contributed by atoms with Crippen molar-refractivity contribution >= 4 is 11.7 Å². The molecule has 0 aliphatic carbocycles. The van der Waals surface area contributed by atoms with Gasteiger partial charge >= 0.3 is 0 Å². The van der Waals surface area contributed by atoms with Crippen LogP contribution in [0.3, 0.4) is 0 Å². The molecule has 2 atom stereocenters. The average Bonchev–Trinajstić information content (AvgIpc) is 3.02. The SMILES string of the molecule is N[C@@H]1CN(C(=O)CCC(=O)c2ccc(F)cc2)C[C@H]1c1ccccc1. The molecule has 1 aliphatic rings. The lowest BCUT2D eigenvalue weighted by Gasteiger charge is -2.16. The molecule has 0 bridgehead atoms. The first kappa shape index (κ1) is 17.3. The van der Waals surface area contributed by atoms with E-state index in [0.717, 1.165) is 5.56 Å². The van der Waals surface area contributed by atoms with Crippen molar-refractivity contribution in [2.75, 3.05) is 13.1 Å². The summed E-state index contributed by atoms with van der Waals surface area (Å²) in [5.41, 5.74) is 7.76. The van der Waals surface area contributed by atoms with E-state index in [-0.39, 0.29) is 42.3 Å². The van der Waals surface area contributed by atoms with E-state index in [4.69, 9.17) is 5.73 Å². The second-order valence-electron chi connectivity index (χ2n) is 6.41. The molecule has 2 N–H and O–H groups in total. The molecule has 0 saturated carbocycles. The van der Waals surface area contributed by atoms with Gasteiger partial charge in [0.05, 0.1) is 0 Å². The van der Waals surface area contributed by atoms with E-state index >= 15 is 0 Å². The Kier molecular flexibility index (Phi) is 5.24. The summed E-state index contributed by atoms with van der Waals surface area (Å²) in [4.78, 5) is 26.3. The maximum absolute atomic E-state index is 12.9. The fourth-order valence-corrected chi connectivity index (χ4v) is 3.24. The molecule has 130 valence electrons. The van der Waals surface area contributed by atoms with E-state index in [1.54, 1.807) is 4.90 Å². The molecule has 0 unspecified atom stereocenters. The zero-order chi connectivity index (χ0) is 17.8. The van der Waals surface area contributed by atoms with E-state index in [9.17, 15) is 14.0 Å². The summed E-state index contributed by atoms with van der Waals surface area (Å²) in [6.07, 6.45) is 0.261. The van der Waals surface area contributed by atoms with Gasteiger partial charge < -0.3 is 10.6 Å². The standard InChI is InChI=1S/C20H21FN2O2/c21-16-8-6-15(7-9-16)19(24)10-11-20(25)23-12-17(18(22)13-23)14-4-2-1-3-5-14/h1-9,17-18H,10-13,22H2/t17-,18+/m0/s1. The summed E-state index contributed by atoms with van der Waals surface area (Å²) in [6, 6.07) is 15.2. The number of nitrogens with zero attached hydrogens (tertiary/aromatic N) is 1. The lowest BCUT2D eigenvalue weighted by Crippen LogP contribution is -2.32. The van der Waals surface area contributed by atoms with E-state index in [1.165, 1.54) is 24.3 Å². The molecule has 3 rings (SSSR count). The molecule has 25 heavy (non-hydrogen) atoms. The number of carbonyl (C=O) groups excluding carboxylic acids is 2. The Morgan fingerprint density at radius 3 is 2.36 bits per heavy atom. The third-order valence-electron chi connectivity index (χ3n) is 4.68. The number of Topliss-reactive ketones (excluding diaryl/α,β-unsaturated/α-hetero) is 1. The van der Waals surface area contributed by atoms with Gasteiger partial charge in [0, 0.05) is 43.5 Å². The minimum absolute atomic E-state index is 0.0654. The highest BCUT2D eigenvalue weighted by molar-refractivity contribution is 5.97. The summed E-state index contributed by atoms with van der Waals surface area (Å²) < 4.78 is 12.9. The lowest BCUT2D eigenvalue weighted by molar-refractivity contribution is -0.130. The predicted molar refractivity (Wildman–Crippen MR) is 93.7 cm³/mol. The summed E-state index contributed by atoms with van der Waals surface area (Å²) in [6.45, 7) is 1.08. The Hall–Kier alpha value is -2.53. The topological polar surface area (TPSA) is 63.4 Å². The highest BCUT2D eigenvalue weighted by atomic mass is 19.1. The summed E-state index contributed by atoms with van der Waals surface area (Å²) in [5.74, 6) is -0.482. The fourth-order valence-electron chi connectivity index (χ4n) is 3.24. The minimum Gasteiger partial charge on any atom is -0.340 e. The monoisotopic (exact) mass is 340 g/mol. The Morgan fingerprint density at radius 1 is 1.00 bits per heavy atom. The largest absolute Gasteiger partial charge is 0.340 e. The number of halogens is 1. The van der Waals surface area contributed by atoms with Crippen molar-refractivity contribution < 1.29 is 14.0 Å². The van der Waals surface area contributed by atoms with Gasteiger partial charge in [-0.2, -0.15) is 0 Å². The second-order valence-corrected chi connectivity index (χ2v) is 6.41. The van der Waals surface area contributed by atoms with Crippen molar-refractivity contribution in [3.05, 3.63) is 71.5 Å². The highest BCUT2D eigenvalue weighted by Crippen LogP contribution is 2.27. The van der Waals surface area contributed by atoms with Crippen LogP contribution in [0.5, 0.6) is 0 Å². The smallest absolute Gasteiger partial charge is 0.223 e. The number of rotatable bonds is 5. The number of carbonyl (C=O) groups is 2. The van der Waals surface area contributed by atoms with Crippen LogP contribution in [0.2, 0.25) is 0 Å². The van der Waals surface area contributed by atoms with Crippen molar-refractivity contribution in [1.82, 2.24) is 4.90 Å². The minimum atomic E-state index is -0.384. The van der Waals surface area contributed by atoms with Crippen LogP contribution in [0.15, 0.2) is 54.6 Å². The van der Waals surface area contributed by atoms with Crippen LogP contribution in [-0.2, 0) is 4.79 Å². The number of hydrogen-bond donors (Lipinski definition) is 1. The normalized spacial score (nSPS) is 19.8. The highest BCUT2D eigenvalue weighted by Gasteiger charge is 2.33. The van der Waals surface area contributed by atoms with Gasteiger partial charge in [0.25, 0.3) is 0 Å². The molecule has 1 aliphatic heterocycles. The Morgan fingerprint density at radius 2 is 1.68 bits per heavy atom. The fraction of sp³-hybridized carbons (Fsp3) is 0.300. The molecular weight excluding hydrogens is 319 g/mol. The number of amides is 1. The van der Waals surface area contributed by atoms with Crippen LogP contribution in [0.25, 0.3) is 0 Å². The first-order valence-corrected chi connectivity index (χ1v) is 8.41. The first-order chi connectivity index (χ1) is 12.0. The molecule has 1 heterocycles. The zero-order valence-corrected chi connectivity index (χ0v) is 13.9. The van der Waals surface area contributed by atoms with Crippen LogP contribution in [0.4, 0.5) is 4.39 Å². The van der Waals surface area contributed by atoms with Crippen molar-refractivity contribution in [2.24, 2.45) is 5.73 Å². The van der Waals surface area contributed by atoms with Crippen molar-refractivity contribution in [2.45, 2.75) is 24.8 Å². The molecule has 5 heteroatoms. The van der Waals surface area contributed by atoms with Gasteiger partial charge in [-0.15, -0.1) is 0 Å². The quantitative estimate of drug-likeness (QED) is 0.851. The van der Waals surface area contributed by atoms with Crippen molar-refractivity contribution in [3.63, 3.8) is 0 Å². The van der Waals surface area contributed by atoms with Gasteiger partial charge in [0.2, 0.25) is 5.91 Å². The first-order valence-electron chi connectivity index (χ1n) is 8.41. The van der Waals surface area contributed by atoms with Gasteiger partial charge in [-0.1, -0.05) is 30.3 Å². The van der Waals surface area contributed by atoms with Crippen molar-refractivity contribution in [1.29, 1.82) is 0 Å². The Balaban J connectivity index is 1.55. The van der Waals surface area contributed by atoms with Gasteiger partial charge in [0.15, 0.2) is 5.78 Å². The van der Waals surface area contributed by atoms with Gasteiger partial charge in [-0.25, -0.2) is 4.39 Å². The third kappa shape index (κ3) is 4.12. The van der Waals surface area contributed by atoms with Gasteiger partial charge in [-0.05, 0) is 29.8 Å². The van der Waals surface area contributed by atoms with Crippen LogP contribution >= 0.6 is 0 Å². The average molecular weight is 340 g/mol. The Labute approximate surface area is 146 Å². The van der Waals surface area contributed by atoms with Gasteiger partial charge in [-0.3, -0.25) is 9.59 Å². The Bertz CT molecular complexity index is 746. The number of ketones is 1. The maximum Gasteiger partial charge on any atom is 0.223 e. The number of benzene rings is 2. The number of nitrogens with two attached hydrogens (primary N) is 1. The predicted octanol–water partition coefficient (Wildman–Crippen LogP) is 2.74. The second kappa shape index (κ2) is 7.57. The zero-order valence-electron chi connectivity index (χ0n) is 13.9. The molecule has 1 amide bonds. The molecule has 0 radical (unpaired) electrons. The molecular formula is C20H21FN2O2. The van der Waals surface area contributed by atoms with E-state index in [1.807, 2.05) is 30.3 Å².